The van der Waals surface area contributed by atoms with Crippen LogP contribution in [-0.4, -0.2) is 33.9 Å². The van der Waals surface area contributed by atoms with Crippen molar-refractivity contribution in [2.45, 2.75) is 24.9 Å². The summed E-state index contributed by atoms with van der Waals surface area (Å²) in [5.41, 5.74) is 10.9. The van der Waals surface area contributed by atoms with Crippen LogP contribution in [0.3, 0.4) is 0 Å². The summed E-state index contributed by atoms with van der Waals surface area (Å²) in [5.74, 6) is -0.875. The average molecular weight is 302 g/mol. The SMILES string of the molecule is NC(=O)[C@H](Cc1ccccc1)NC(=O)[C@@H]([NH3+])Cc1cnc[nH]1. The van der Waals surface area contributed by atoms with Gasteiger partial charge in [-0.05, 0) is 5.56 Å². The predicted molar refractivity (Wildman–Crippen MR) is 80.2 cm³/mol. The van der Waals surface area contributed by atoms with E-state index in [1.807, 2.05) is 30.3 Å². The molecule has 116 valence electrons. The maximum Gasteiger partial charge on any atom is 0.279 e. The topological polar surface area (TPSA) is 129 Å². The lowest BCUT2D eigenvalue weighted by molar-refractivity contribution is -0.403. The average Bonchev–Trinajstić information content (AvgIpc) is 3.00. The van der Waals surface area contributed by atoms with E-state index in [2.05, 4.69) is 21.0 Å². The van der Waals surface area contributed by atoms with Crippen molar-refractivity contribution in [2.75, 3.05) is 0 Å². The van der Waals surface area contributed by atoms with Crippen molar-refractivity contribution in [3.63, 3.8) is 0 Å². The van der Waals surface area contributed by atoms with Crippen molar-refractivity contribution in [3.8, 4) is 0 Å². The summed E-state index contributed by atoms with van der Waals surface area (Å²) < 4.78 is 0. The maximum absolute atomic E-state index is 12.2. The Morgan fingerprint density at radius 2 is 2.00 bits per heavy atom. The number of hydrogen-bond donors (Lipinski definition) is 4. The molecule has 1 heterocycles. The van der Waals surface area contributed by atoms with Crippen LogP contribution in [0.15, 0.2) is 42.9 Å². The number of rotatable bonds is 7. The largest absolute Gasteiger partial charge is 0.368 e. The normalized spacial score (nSPS) is 13.3. The fourth-order valence-corrected chi connectivity index (χ4v) is 2.12. The Bertz CT molecular complexity index is 612. The van der Waals surface area contributed by atoms with Gasteiger partial charge in [0.1, 0.15) is 6.04 Å². The molecule has 0 bridgehead atoms. The van der Waals surface area contributed by atoms with Crippen LogP contribution in [-0.2, 0) is 22.4 Å². The van der Waals surface area contributed by atoms with Gasteiger partial charge in [-0.1, -0.05) is 30.3 Å². The molecule has 0 aliphatic rings. The van der Waals surface area contributed by atoms with Crippen LogP contribution in [0.1, 0.15) is 11.3 Å². The van der Waals surface area contributed by atoms with Crippen LogP contribution in [0.25, 0.3) is 0 Å². The molecule has 0 saturated heterocycles. The number of aromatic amines is 1. The molecule has 2 amide bonds. The minimum Gasteiger partial charge on any atom is -0.368 e. The van der Waals surface area contributed by atoms with E-state index < -0.39 is 18.0 Å². The van der Waals surface area contributed by atoms with Gasteiger partial charge in [-0.2, -0.15) is 0 Å². The molecule has 0 aliphatic heterocycles. The van der Waals surface area contributed by atoms with Gasteiger partial charge in [0.2, 0.25) is 5.91 Å². The van der Waals surface area contributed by atoms with Gasteiger partial charge < -0.3 is 21.8 Å². The van der Waals surface area contributed by atoms with E-state index in [1.165, 1.54) is 0 Å². The number of primary amides is 1. The highest BCUT2D eigenvalue weighted by Crippen LogP contribution is 2.04. The van der Waals surface area contributed by atoms with E-state index in [4.69, 9.17) is 5.73 Å². The number of nitrogens with zero attached hydrogens (tertiary/aromatic N) is 1. The Labute approximate surface area is 128 Å². The molecular weight excluding hydrogens is 282 g/mol. The predicted octanol–water partition coefficient (Wildman–Crippen LogP) is -1.22. The molecular formula is C15H20N5O2+. The molecule has 7 heteroatoms. The number of H-pyrrole nitrogens is 1. The van der Waals surface area contributed by atoms with Crippen LogP contribution in [0, 0.1) is 0 Å². The van der Waals surface area contributed by atoms with Gasteiger partial charge >= 0.3 is 0 Å². The van der Waals surface area contributed by atoms with Gasteiger partial charge in [-0.3, -0.25) is 9.59 Å². The molecule has 1 aromatic heterocycles. The Morgan fingerprint density at radius 3 is 2.59 bits per heavy atom. The number of aromatic nitrogens is 2. The van der Waals surface area contributed by atoms with Gasteiger partial charge in [0.15, 0.2) is 6.04 Å². The first-order chi connectivity index (χ1) is 10.6. The van der Waals surface area contributed by atoms with E-state index in [0.29, 0.717) is 12.8 Å². The standard InChI is InChI=1S/C15H19N5O2/c16-12(7-11-8-18-9-19-11)15(22)20-13(14(17)21)6-10-4-2-1-3-5-10/h1-5,8-9,12-13H,6-7,16H2,(H2,17,21)(H,18,19)(H,20,22)/p+1/t12-,13-/m0/s1. The first-order valence-electron chi connectivity index (χ1n) is 7.00. The van der Waals surface area contributed by atoms with Crippen LogP contribution in [0.2, 0.25) is 0 Å². The van der Waals surface area contributed by atoms with Crippen LogP contribution >= 0.6 is 0 Å². The highest BCUT2D eigenvalue weighted by atomic mass is 16.2. The van der Waals surface area contributed by atoms with Crippen molar-refractivity contribution in [1.82, 2.24) is 15.3 Å². The Hall–Kier alpha value is -2.67. The zero-order chi connectivity index (χ0) is 15.9. The highest BCUT2D eigenvalue weighted by Gasteiger charge is 2.24. The lowest BCUT2D eigenvalue weighted by Crippen LogP contribution is -2.69. The van der Waals surface area contributed by atoms with Gasteiger partial charge in [-0.15, -0.1) is 0 Å². The summed E-state index contributed by atoms with van der Waals surface area (Å²) in [7, 11) is 0. The summed E-state index contributed by atoms with van der Waals surface area (Å²) in [6, 6.07) is 8.12. The molecule has 0 radical (unpaired) electrons. The number of quaternary nitrogens is 1. The fraction of sp³-hybridized carbons (Fsp3) is 0.267. The van der Waals surface area contributed by atoms with Crippen LogP contribution in [0.4, 0.5) is 0 Å². The van der Waals surface area contributed by atoms with E-state index in [0.717, 1.165) is 11.3 Å². The third kappa shape index (κ3) is 4.42. The second-order valence-corrected chi connectivity index (χ2v) is 5.13. The molecule has 7 nitrogen and oxygen atoms in total. The molecule has 1 aromatic carbocycles. The molecule has 0 unspecified atom stereocenters. The molecule has 22 heavy (non-hydrogen) atoms. The van der Waals surface area contributed by atoms with Gasteiger partial charge in [-0.25, -0.2) is 4.98 Å². The molecule has 0 saturated carbocycles. The molecule has 0 fully saturated rings. The maximum atomic E-state index is 12.2. The second-order valence-electron chi connectivity index (χ2n) is 5.13. The minimum absolute atomic E-state index is 0.311. The molecule has 2 aromatic rings. The van der Waals surface area contributed by atoms with E-state index in [-0.39, 0.29) is 5.91 Å². The molecule has 2 rings (SSSR count). The van der Waals surface area contributed by atoms with E-state index in [1.54, 1.807) is 12.5 Å². The summed E-state index contributed by atoms with van der Waals surface area (Å²) in [4.78, 5) is 30.5. The second kappa shape index (κ2) is 7.37. The number of carbonyl (C=O) groups excluding carboxylic acids is 2. The number of carbonyl (C=O) groups is 2. The Morgan fingerprint density at radius 1 is 1.27 bits per heavy atom. The van der Waals surface area contributed by atoms with Crippen LogP contribution in [0.5, 0.6) is 0 Å². The summed E-state index contributed by atoms with van der Waals surface area (Å²) in [5, 5.41) is 2.67. The van der Waals surface area contributed by atoms with Crippen molar-refractivity contribution < 1.29 is 15.3 Å². The van der Waals surface area contributed by atoms with Gasteiger partial charge in [0.25, 0.3) is 5.91 Å². The summed E-state index contributed by atoms with van der Waals surface area (Å²) >= 11 is 0. The van der Waals surface area contributed by atoms with E-state index in [9.17, 15) is 9.59 Å². The Balaban J connectivity index is 1.95. The number of nitrogens with one attached hydrogen (secondary N) is 2. The minimum atomic E-state index is -0.749. The van der Waals surface area contributed by atoms with Crippen molar-refractivity contribution in [1.29, 1.82) is 0 Å². The lowest BCUT2D eigenvalue weighted by Gasteiger charge is -2.17. The fourth-order valence-electron chi connectivity index (χ4n) is 2.12. The zero-order valence-electron chi connectivity index (χ0n) is 12.2. The number of nitrogens with two attached hydrogens (primary N) is 1. The summed E-state index contributed by atoms with van der Waals surface area (Å²) in [6.07, 6.45) is 3.96. The van der Waals surface area contributed by atoms with Crippen molar-refractivity contribution in [2.24, 2.45) is 5.73 Å². The van der Waals surface area contributed by atoms with Gasteiger partial charge in [0, 0.05) is 18.3 Å². The van der Waals surface area contributed by atoms with Gasteiger partial charge in [0.05, 0.1) is 12.7 Å². The first kappa shape index (κ1) is 15.7. The number of imidazole rings is 1. The summed E-state index contributed by atoms with van der Waals surface area (Å²) in [6.45, 7) is 0. The lowest BCUT2D eigenvalue weighted by atomic mass is 10.0. The Kier molecular flexibility index (Phi) is 5.26. The van der Waals surface area contributed by atoms with Crippen molar-refractivity contribution >= 4 is 11.8 Å². The number of benzene rings is 1. The molecule has 0 spiro atoms. The third-order valence-corrected chi connectivity index (χ3v) is 3.33. The highest BCUT2D eigenvalue weighted by molar-refractivity contribution is 5.88. The third-order valence-electron chi connectivity index (χ3n) is 3.33. The zero-order valence-corrected chi connectivity index (χ0v) is 12.2. The monoisotopic (exact) mass is 302 g/mol. The molecule has 0 aliphatic carbocycles. The van der Waals surface area contributed by atoms with E-state index >= 15 is 0 Å². The van der Waals surface area contributed by atoms with Crippen molar-refractivity contribution in [3.05, 3.63) is 54.1 Å². The number of amides is 2. The number of hydrogen-bond acceptors (Lipinski definition) is 3. The first-order valence-corrected chi connectivity index (χ1v) is 7.00. The molecule has 7 N–H and O–H groups in total. The smallest absolute Gasteiger partial charge is 0.279 e. The molecule has 2 atom stereocenters. The quantitative estimate of drug-likeness (QED) is 0.511. The van der Waals surface area contributed by atoms with Crippen LogP contribution < -0.4 is 16.8 Å².